The molecule has 1 N–H and O–H groups in total. The Morgan fingerprint density at radius 3 is 2.62 bits per heavy atom. The van der Waals surface area contributed by atoms with Crippen LogP contribution in [0, 0.1) is 6.92 Å². The van der Waals surface area contributed by atoms with E-state index < -0.39 is 10.0 Å². The van der Waals surface area contributed by atoms with Gasteiger partial charge in [-0.05, 0) is 49.2 Å². The van der Waals surface area contributed by atoms with Gasteiger partial charge in [-0.25, -0.2) is 8.42 Å². The number of anilines is 2. The van der Waals surface area contributed by atoms with Crippen molar-refractivity contribution in [3.05, 3.63) is 53.1 Å². The van der Waals surface area contributed by atoms with E-state index in [9.17, 15) is 13.2 Å². The van der Waals surface area contributed by atoms with Crippen LogP contribution in [0.2, 0.25) is 5.02 Å². The molecule has 3 rings (SSSR count). The number of rotatable bonds is 4. The molecule has 0 spiro atoms. The Kier molecular flexibility index (Phi) is 4.51. The maximum atomic E-state index is 12.6. The summed E-state index contributed by atoms with van der Waals surface area (Å²) in [7, 11) is -3.76. The second-order valence-electron chi connectivity index (χ2n) is 5.67. The summed E-state index contributed by atoms with van der Waals surface area (Å²) in [5.41, 5.74) is 1.60. The number of halogens is 1. The molecule has 0 bridgehead atoms. The van der Waals surface area contributed by atoms with Crippen molar-refractivity contribution in [2.45, 2.75) is 24.7 Å². The van der Waals surface area contributed by atoms with Gasteiger partial charge in [-0.1, -0.05) is 23.7 Å². The fourth-order valence-corrected chi connectivity index (χ4v) is 4.30. The Morgan fingerprint density at radius 2 is 1.92 bits per heavy atom. The van der Waals surface area contributed by atoms with Crippen LogP contribution in [0.3, 0.4) is 0 Å². The van der Waals surface area contributed by atoms with Gasteiger partial charge in [-0.3, -0.25) is 9.52 Å². The molecule has 2 aromatic carbocycles. The molecule has 7 heteroatoms. The second kappa shape index (κ2) is 6.45. The average molecular weight is 365 g/mol. The number of nitrogens with one attached hydrogen (secondary N) is 1. The number of benzene rings is 2. The van der Waals surface area contributed by atoms with E-state index >= 15 is 0 Å². The summed E-state index contributed by atoms with van der Waals surface area (Å²) >= 11 is 6.01. The summed E-state index contributed by atoms with van der Waals surface area (Å²) in [6, 6.07) is 11.6. The number of carbonyl (C=O) groups excluding carboxylic acids is 1. The zero-order chi connectivity index (χ0) is 17.3. The molecule has 1 saturated heterocycles. The standard InChI is InChI=1S/C17H17ClN2O3S/c1-12-15(18)7-3-8-16(12)24(22,23)19-13-5-2-6-14(11-13)20-10-4-9-17(20)21/h2-3,5-8,11,19H,4,9-10H2,1H3. The van der Waals surface area contributed by atoms with E-state index in [-0.39, 0.29) is 10.8 Å². The highest BCUT2D eigenvalue weighted by atomic mass is 35.5. The first kappa shape index (κ1) is 16.8. The van der Waals surface area contributed by atoms with Crippen molar-refractivity contribution >= 4 is 38.9 Å². The molecule has 0 radical (unpaired) electrons. The minimum atomic E-state index is -3.76. The average Bonchev–Trinajstić information content (AvgIpc) is 2.96. The molecule has 1 heterocycles. The molecular weight excluding hydrogens is 348 g/mol. The van der Waals surface area contributed by atoms with Crippen molar-refractivity contribution < 1.29 is 13.2 Å². The molecule has 1 fully saturated rings. The molecule has 1 amide bonds. The molecule has 0 atom stereocenters. The quantitative estimate of drug-likeness (QED) is 0.901. The molecule has 1 aliphatic heterocycles. The fraction of sp³-hybridized carbons (Fsp3) is 0.235. The summed E-state index contributed by atoms with van der Waals surface area (Å²) in [6.45, 7) is 2.32. The topological polar surface area (TPSA) is 66.5 Å². The van der Waals surface area contributed by atoms with Gasteiger partial charge in [0.15, 0.2) is 0 Å². The van der Waals surface area contributed by atoms with Crippen LogP contribution in [0.1, 0.15) is 18.4 Å². The third kappa shape index (κ3) is 3.25. The van der Waals surface area contributed by atoms with E-state index in [0.29, 0.717) is 34.9 Å². The molecule has 2 aromatic rings. The Hall–Kier alpha value is -2.05. The lowest BCUT2D eigenvalue weighted by Crippen LogP contribution is -2.23. The fourth-order valence-electron chi connectivity index (χ4n) is 2.75. The van der Waals surface area contributed by atoms with Crippen LogP contribution in [-0.4, -0.2) is 20.9 Å². The maximum Gasteiger partial charge on any atom is 0.262 e. The normalized spacial score (nSPS) is 14.9. The van der Waals surface area contributed by atoms with Crippen LogP contribution in [0.4, 0.5) is 11.4 Å². The van der Waals surface area contributed by atoms with Crippen LogP contribution < -0.4 is 9.62 Å². The summed E-state index contributed by atoms with van der Waals surface area (Å²) in [5.74, 6) is 0.0562. The summed E-state index contributed by atoms with van der Waals surface area (Å²) in [4.78, 5) is 13.7. The largest absolute Gasteiger partial charge is 0.312 e. The second-order valence-corrected chi connectivity index (χ2v) is 7.73. The van der Waals surface area contributed by atoms with E-state index in [2.05, 4.69) is 4.72 Å². The van der Waals surface area contributed by atoms with E-state index in [4.69, 9.17) is 11.6 Å². The van der Waals surface area contributed by atoms with Crippen LogP contribution in [0.5, 0.6) is 0 Å². The summed E-state index contributed by atoms with van der Waals surface area (Å²) in [6.07, 6.45) is 1.34. The van der Waals surface area contributed by atoms with Crippen molar-refractivity contribution in [1.29, 1.82) is 0 Å². The van der Waals surface area contributed by atoms with Gasteiger partial charge >= 0.3 is 0 Å². The monoisotopic (exact) mass is 364 g/mol. The number of amides is 1. The van der Waals surface area contributed by atoms with Crippen molar-refractivity contribution in [1.82, 2.24) is 0 Å². The Balaban J connectivity index is 1.90. The Labute approximate surface area is 146 Å². The first-order valence-electron chi connectivity index (χ1n) is 7.57. The number of carbonyl (C=O) groups is 1. The van der Waals surface area contributed by atoms with Crippen molar-refractivity contribution in [2.24, 2.45) is 0 Å². The molecule has 24 heavy (non-hydrogen) atoms. The van der Waals surface area contributed by atoms with Gasteiger partial charge in [0.05, 0.1) is 10.6 Å². The number of nitrogens with zero attached hydrogens (tertiary/aromatic N) is 1. The molecule has 0 aromatic heterocycles. The highest BCUT2D eigenvalue weighted by Crippen LogP contribution is 2.28. The van der Waals surface area contributed by atoms with Crippen LogP contribution in [0.25, 0.3) is 0 Å². The van der Waals surface area contributed by atoms with Gasteiger partial charge in [0.2, 0.25) is 5.91 Å². The highest BCUT2D eigenvalue weighted by molar-refractivity contribution is 7.92. The van der Waals surface area contributed by atoms with E-state index in [1.165, 1.54) is 6.07 Å². The Morgan fingerprint density at radius 1 is 1.17 bits per heavy atom. The number of hydrogen-bond acceptors (Lipinski definition) is 3. The van der Waals surface area contributed by atoms with Crippen LogP contribution in [-0.2, 0) is 14.8 Å². The van der Waals surface area contributed by atoms with Crippen LogP contribution in [0.15, 0.2) is 47.4 Å². The SMILES string of the molecule is Cc1c(Cl)cccc1S(=O)(=O)Nc1cccc(N2CCCC2=O)c1. The predicted molar refractivity (Wildman–Crippen MR) is 95.0 cm³/mol. The van der Waals surface area contributed by atoms with Crippen LogP contribution >= 0.6 is 11.6 Å². The molecule has 1 aliphatic rings. The minimum Gasteiger partial charge on any atom is -0.312 e. The summed E-state index contributed by atoms with van der Waals surface area (Å²) < 4.78 is 27.8. The number of hydrogen-bond donors (Lipinski definition) is 1. The van der Waals surface area contributed by atoms with E-state index in [1.54, 1.807) is 48.2 Å². The molecule has 0 saturated carbocycles. The van der Waals surface area contributed by atoms with E-state index in [1.807, 2.05) is 0 Å². The van der Waals surface area contributed by atoms with Crippen molar-refractivity contribution in [2.75, 3.05) is 16.2 Å². The maximum absolute atomic E-state index is 12.6. The lowest BCUT2D eigenvalue weighted by Gasteiger charge is -2.17. The first-order chi connectivity index (χ1) is 11.4. The highest BCUT2D eigenvalue weighted by Gasteiger charge is 2.23. The van der Waals surface area contributed by atoms with Gasteiger partial charge in [0, 0.05) is 23.7 Å². The number of sulfonamides is 1. The predicted octanol–water partition coefficient (Wildman–Crippen LogP) is 3.58. The minimum absolute atomic E-state index is 0.0562. The lowest BCUT2D eigenvalue weighted by atomic mass is 10.2. The Bertz CT molecular complexity index is 896. The van der Waals surface area contributed by atoms with Crippen molar-refractivity contribution in [3.8, 4) is 0 Å². The molecular formula is C17H17ClN2O3S. The van der Waals surface area contributed by atoms with Gasteiger partial charge in [0.25, 0.3) is 10.0 Å². The lowest BCUT2D eigenvalue weighted by molar-refractivity contribution is -0.117. The first-order valence-corrected chi connectivity index (χ1v) is 9.43. The van der Waals surface area contributed by atoms with Gasteiger partial charge in [0.1, 0.15) is 0 Å². The van der Waals surface area contributed by atoms with Gasteiger partial charge in [-0.2, -0.15) is 0 Å². The van der Waals surface area contributed by atoms with Gasteiger partial charge in [-0.15, -0.1) is 0 Å². The van der Waals surface area contributed by atoms with E-state index in [0.717, 1.165) is 6.42 Å². The van der Waals surface area contributed by atoms with Crippen molar-refractivity contribution in [3.63, 3.8) is 0 Å². The molecule has 0 unspecified atom stereocenters. The molecule has 126 valence electrons. The third-order valence-corrected chi connectivity index (χ3v) is 5.93. The summed E-state index contributed by atoms with van der Waals surface area (Å²) in [5, 5.41) is 0.397. The smallest absolute Gasteiger partial charge is 0.262 e. The van der Waals surface area contributed by atoms with Gasteiger partial charge < -0.3 is 4.90 Å². The zero-order valence-corrected chi connectivity index (χ0v) is 14.7. The molecule has 0 aliphatic carbocycles. The molecule has 5 nitrogen and oxygen atoms in total. The third-order valence-electron chi connectivity index (χ3n) is 3.99. The zero-order valence-electron chi connectivity index (χ0n) is 13.1.